The summed E-state index contributed by atoms with van der Waals surface area (Å²) in [7, 11) is 1.53. The number of carbonyl (C=O) groups is 4. The summed E-state index contributed by atoms with van der Waals surface area (Å²) in [4.78, 5) is 51.5. The molecule has 0 radical (unpaired) electrons. The van der Waals surface area contributed by atoms with Crippen molar-refractivity contribution < 1.29 is 23.9 Å². The first-order valence-electron chi connectivity index (χ1n) is 9.23. The van der Waals surface area contributed by atoms with E-state index in [1.807, 2.05) is 0 Å². The summed E-state index contributed by atoms with van der Waals surface area (Å²) < 4.78 is 5.11. The average molecular weight is 403 g/mol. The van der Waals surface area contributed by atoms with E-state index < -0.39 is 28.9 Å². The van der Waals surface area contributed by atoms with Crippen LogP contribution in [0, 0.1) is 0 Å². The Morgan fingerprint density at radius 3 is 2.45 bits per heavy atom. The topological polar surface area (TPSA) is 120 Å². The molecule has 156 valence electrons. The third-order valence-electron chi connectivity index (χ3n) is 5.44. The number of hydrogen-bond donors (Lipinski definition) is 3. The number of piperazine rings is 1. The van der Waals surface area contributed by atoms with E-state index in [2.05, 4.69) is 16.1 Å². The van der Waals surface area contributed by atoms with Gasteiger partial charge in [-0.25, -0.2) is 4.79 Å². The molecule has 1 atom stereocenters. The van der Waals surface area contributed by atoms with E-state index in [9.17, 15) is 19.2 Å². The maximum absolute atomic E-state index is 12.9. The van der Waals surface area contributed by atoms with Crippen LogP contribution in [0.5, 0.6) is 5.75 Å². The fraction of sp³-hybridized carbons (Fsp3) is 0.474. The molecule has 1 unspecified atom stereocenters. The second-order valence-electron chi connectivity index (χ2n) is 7.70. The first-order chi connectivity index (χ1) is 13.6. The van der Waals surface area contributed by atoms with Crippen LogP contribution in [0.25, 0.3) is 0 Å². The van der Waals surface area contributed by atoms with Gasteiger partial charge in [-0.05, 0) is 38.5 Å². The van der Waals surface area contributed by atoms with E-state index in [4.69, 9.17) is 4.74 Å². The molecule has 2 saturated heterocycles. The number of benzene rings is 1. The molecule has 0 bridgehead atoms. The summed E-state index contributed by atoms with van der Waals surface area (Å²) >= 11 is 0. The summed E-state index contributed by atoms with van der Waals surface area (Å²) in [5, 5.41) is 6.05. The first-order valence-corrected chi connectivity index (χ1v) is 9.23. The van der Waals surface area contributed by atoms with Gasteiger partial charge in [-0.2, -0.15) is 5.01 Å². The van der Waals surface area contributed by atoms with Crippen LogP contribution in [0.1, 0.15) is 26.3 Å². The van der Waals surface area contributed by atoms with Crippen molar-refractivity contribution in [3.05, 3.63) is 29.8 Å². The van der Waals surface area contributed by atoms with Crippen molar-refractivity contribution in [3.8, 4) is 5.75 Å². The first kappa shape index (κ1) is 20.6. The van der Waals surface area contributed by atoms with Gasteiger partial charge in [0.2, 0.25) is 5.91 Å². The van der Waals surface area contributed by atoms with Crippen LogP contribution in [0.4, 0.5) is 4.79 Å². The fourth-order valence-electron chi connectivity index (χ4n) is 3.41. The number of urea groups is 1. The van der Waals surface area contributed by atoms with E-state index in [1.165, 1.54) is 7.11 Å². The molecule has 10 nitrogen and oxygen atoms in total. The zero-order valence-electron chi connectivity index (χ0n) is 16.9. The van der Waals surface area contributed by atoms with Gasteiger partial charge in [-0.1, -0.05) is 12.1 Å². The molecular weight excluding hydrogens is 378 g/mol. The molecule has 2 aliphatic heterocycles. The van der Waals surface area contributed by atoms with Gasteiger partial charge in [0.1, 0.15) is 11.3 Å². The molecule has 0 aliphatic carbocycles. The maximum atomic E-state index is 12.9. The molecule has 1 aromatic rings. The van der Waals surface area contributed by atoms with Crippen LogP contribution in [-0.4, -0.2) is 65.9 Å². The van der Waals surface area contributed by atoms with Crippen molar-refractivity contribution >= 4 is 23.8 Å². The Hall–Kier alpha value is -3.14. The summed E-state index contributed by atoms with van der Waals surface area (Å²) in [6.45, 7) is 5.77. The lowest BCUT2D eigenvalue weighted by molar-refractivity contribution is -0.142. The fourth-order valence-corrected chi connectivity index (χ4v) is 3.41. The number of nitrogens with zero attached hydrogens (tertiary/aromatic N) is 2. The number of ether oxygens (including phenoxy) is 1. The molecular formula is C19H25N5O5. The molecule has 2 heterocycles. The number of hydrazine groups is 1. The van der Waals surface area contributed by atoms with Crippen LogP contribution in [0.3, 0.4) is 0 Å². The highest BCUT2D eigenvalue weighted by Gasteiger charge is 2.50. The number of rotatable bonds is 5. The van der Waals surface area contributed by atoms with Crippen LogP contribution < -0.4 is 20.8 Å². The zero-order chi connectivity index (χ0) is 21.4. The van der Waals surface area contributed by atoms with Gasteiger partial charge in [-0.3, -0.25) is 24.7 Å². The SMILES string of the molecule is COc1ccc(C2(C)NC(=O)N(NC(=O)CN3CCNC(=O)C3(C)C)C2=O)cc1. The summed E-state index contributed by atoms with van der Waals surface area (Å²) in [5.41, 5.74) is 0.729. The molecule has 0 spiro atoms. The second kappa shape index (κ2) is 7.36. The molecule has 1 aromatic carbocycles. The van der Waals surface area contributed by atoms with Gasteiger partial charge in [0.25, 0.3) is 11.8 Å². The van der Waals surface area contributed by atoms with E-state index >= 15 is 0 Å². The average Bonchev–Trinajstić information content (AvgIpc) is 2.90. The third-order valence-corrected chi connectivity index (χ3v) is 5.44. The largest absolute Gasteiger partial charge is 0.497 e. The highest BCUT2D eigenvalue weighted by molar-refractivity contribution is 6.08. The minimum Gasteiger partial charge on any atom is -0.497 e. The number of amides is 5. The summed E-state index contributed by atoms with van der Waals surface area (Å²) in [5.74, 6) is -0.724. The van der Waals surface area contributed by atoms with Crippen LogP contribution in [0.15, 0.2) is 24.3 Å². The molecule has 0 saturated carbocycles. The van der Waals surface area contributed by atoms with Gasteiger partial charge in [-0.15, -0.1) is 0 Å². The van der Waals surface area contributed by atoms with Crippen molar-refractivity contribution in [2.45, 2.75) is 31.8 Å². The Bertz CT molecular complexity index is 853. The molecule has 0 aromatic heterocycles. The number of imide groups is 1. The zero-order valence-corrected chi connectivity index (χ0v) is 16.9. The molecule has 3 rings (SSSR count). The molecule has 10 heteroatoms. The molecule has 2 aliphatic rings. The number of methoxy groups -OCH3 is 1. The normalized spacial score (nSPS) is 24.1. The predicted octanol–water partition coefficient (Wildman–Crippen LogP) is -0.296. The van der Waals surface area contributed by atoms with Crippen LogP contribution in [-0.2, 0) is 19.9 Å². The lowest BCUT2D eigenvalue weighted by Gasteiger charge is -2.40. The Morgan fingerprint density at radius 1 is 1.17 bits per heavy atom. The Kier molecular flexibility index (Phi) is 5.22. The maximum Gasteiger partial charge on any atom is 0.344 e. The van der Waals surface area contributed by atoms with Gasteiger partial charge in [0, 0.05) is 13.1 Å². The lowest BCUT2D eigenvalue weighted by atomic mass is 9.92. The standard InChI is InChI=1S/C19H25N5O5/c1-18(2)15(26)20-9-10-23(18)11-14(25)22-24-16(27)19(3,21-17(24)28)12-5-7-13(29-4)8-6-12/h5-8H,9-11H2,1-4H3,(H,20,26)(H,21,28)(H,22,25). The minimum atomic E-state index is -1.32. The van der Waals surface area contributed by atoms with Crippen LogP contribution >= 0.6 is 0 Å². The Morgan fingerprint density at radius 2 is 1.83 bits per heavy atom. The highest BCUT2D eigenvalue weighted by atomic mass is 16.5. The van der Waals surface area contributed by atoms with Gasteiger partial charge >= 0.3 is 6.03 Å². The number of nitrogens with one attached hydrogen (secondary N) is 3. The quantitative estimate of drug-likeness (QED) is 0.581. The monoisotopic (exact) mass is 403 g/mol. The van der Waals surface area contributed by atoms with E-state index in [1.54, 1.807) is 49.9 Å². The third kappa shape index (κ3) is 3.63. The lowest BCUT2D eigenvalue weighted by Crippen LogP contribution is -2.64. The van der Waals surface area contributed by atoms with Gasteiger partial charge in [0.05, 0.1) is 19.2 Å². The minimum absolute atomic E-state index is 0.128. The molecule has 29 heavy (non-hydrogen) atoms. The summed E-state index contributed by atoms with van der Waals surface area (Å²) in [6.07, 6.45) is 0. The van der Waals surface area contributed by atoms with Gasteiger partial charge < -0.3 is 15.4 Å². The van der Waals surface area contributed by atoms with Crippen LogP contribution in [0.2, 0.25) is 0 Å². The molecule has 5 amide bonds. The summed E-state index contributed by atoms with van der Waals surface area (Å²) in [6, 6.07) is 6.00. The Balaban J connectivity index is 1.71. The Labute approximate surface area is 168 Å². The second-order valence-corrected chi connectivity index (χ2v) is 7.70. The number of hydrogen-bond acceptors (Lipinski definition) is 6. The van der Waals surface area contributed by atoms with Crippen molar-refractivity contribution in [2.75, 3.05) is 26.7 Å². The smallest absolute Gasteiger partial charge is 0.344 e. The molecule has 2 fully saturated rings. The van der Waals surface area contributed by atoms with Crippen molar-refractivity contribution in [1.29, 1.82) is 0 Å². The van der Waals surface area contributed by atoms with Gasteiger partial charge in [0.15, 0.2) is 0 Å². The van der Waals surface area contributed by atoms with E-state index in [0.29, 0.717) is 29.4 Å². The van der Waals surface area contributed by atoms with Crippen molar-refractivity contribution in [1.82, 2.24) is 26.0 Å². The highest BCUT2D eigenvalue weighted by Crippen LogP contribution is 2.29. The predicted molar refractivity (Wildman–Crippen MR) is 103 cm³/mol. The van der Waals surface area contributed by atoms with E-state index in [0.717, 1.165) is 0 Å². The van der Waals surface area contributed by atoms with Crippen molar-refractivity contribution in [3.63, 3.8) is 0 Å². The molecule has 3 N–H and O–H groups in total. The van der Waals surface area contributed by atoms with E-state index in [-0.39, 0.29) is 12.5 Å². The number of carbonyl (C=O) groups excluding carboxylic acids is 4. The van der Waals surface area contributed by atoms with Crippen molar-refractivity contribution in [2.24, 2.45) is 0 Å².